The molecule has 0 saturated heterocycles. The normalized spacial score (nSPS) is 26.9. The van der Waals surface area contributed by atoms with E-state index in [-0.39, 0.29) is 5.79 Å². The third kappa shape index (κ3) is 1.48. The molecule has 2 aliphatic rings. The summed E-state index contributed by atoms with van der Waals surface area (Å²) < 4.78 is 12.0. The molecule has 2 nitrogen and oxygen atoms in total. The lowest BCUT2D eigenvalue weighted by atomic mass is 9.86. The van der Waals surface area contributed by atoms with Gasteiger partial charge in [0.2, 0.25) is 0 Å². The van der Waals surface area contributed by atoms with Gasteiger partial charge in [0.05, 0.1) is 0 Å². The number of ether oxygens (including phenoxy) is 2. The maximum absolute atomic E-state index is 5.98. The Labute approximate surface area is 90.2 Å². The lowest BCUT2D eigenvalue weighted by Crippen LogP contribution is -2.42. The Hall–Kier alpha value is -1.18. The van der Waals surface area contributed by atoms with Crippen LogP contribution in [-0.4, -0.2) is 5.79 Å². The molecule has 1 aliphatic heterocycles. The Bertz CT molecular complexity index is 348. The Morgan fingerprint density at radius 2 is 1.87 bits per heavy atom. The number of rotatable bonds is 0. The minimum atomic E-state index is -0.346. The molecule has 0 N–H and O–H groups in total. The first-order valence-electron chi connectivity index (χ1n) is 5.74. The molecule has 1 aromatic rings. The Morgan fingerprint density at radius 1 is 1.20 bits per heavy atom. The van der Waals surface area contributed by atoms with Gasteiger partial charge in [-0.1, -0.05) is 25.5 Å². The van der Waals surface area contributed by atoms with Crippen LogP contribution >= 0.6 is 0 Å². The van der Waals surface area contributed by atoms with Gasteiger partial charge in [-0.2, -0.15) is 0 Å². The van der Waals surface area contributed by atoms with Crippen LogP contribution in [0.4, 0.5) is 0 Å². The number of hydrogen-bond donors (Lipinski definition) is 0. The quantitative estimate of drug-likeness (QED) is 0.645. The minimum Gasteiger partial charge on any atom is -0.448 e. The third-order valence-electron chi connectivity index (χ3n) is 3.36. The molecule has 0 unspecified atom stereocenters. The van der Waals surface area contributed by atoms with Gasteiger partial charge < -0.3 is 9.47 Å². The Balaban J connectivity index is 1.87. The summed E-state index contributed by atoms with van der Waals surface area (Å²) in [6.45, 7) is 2.27. The first-order valence-corrected chi connectivity index (χ1v) is 5.74. The van der Waals surface area contributed by atoms with E-state index in [4.69, 9.17) is 9.47 Å². The second-order valence-corrected chi connectivity index (χ2v) is 4.76. The molecule has 0 amide bonds. The van der Waals surface area contributed by atoms with Gasteiger partial charge in [0, 0.05) is 12.8 Å². The van der Waals surface area contributed by atoms with Crippen LogP contribution in [0.3, 0.4) is 0 Å². The molecular weight excluding hydrogens is 188 g/mol. The van der Waals surface area contributed by atoms with Crippen LogP contribution in [-0.2, 0) is 0 Å². The molecule has 3 rings (SSSR count). The van der Waals surface area contributed by atoms with Crippen molar-refractivity contribution in [2.75, 3.05) is 0 Å². The van der Waals surface area contributed by atoms with Gasteiger partial charge in [-0.25, -0.2) is 0 Å². The molecule has 1 atom stereocenters. The molecule has 0 aromatic heterocycles. The summed E-state index contributed by atoms with van der Waals surface area (Å²) in [7, 11) is 0. The van der Waals surface area contributed by atoms with Crippen LogP contribution in [0.5, 0.6) is 11.5 Å². The summed E-state index contributed by atoms with van der Waals surface area (Å²) in [5, 5.41) is 0. The zero-order valence-corrected chi connectivity index (χ0v) is 9.03. The van der Waals surface area contributed by atoms with Crippen molar-refractivity contribution < 1.29 is 9.47 Å². The molecule has 0 bridgehead atoms. The van der Waals surface area contributed by atoms with E-state index in [1.165, 1.54) is 12.8 Å². The lowest BCUT2D eigenvalue weighted by molar-refractivity contribution is -0.117. The minimum absolute atomic E-state index is 0.346. The van der Waals surface area contributed by atoms with E-state index in [9.17, 15) is 0 Å². The number of para-hydroxylation sites is 2. The molecule has 1 spiro atoms. The average Bonchev–Trinajstić information content (AvgIpc) is 2.54. The highest BCUT2D eigenvalue weighted by atomic mass is 16.7. The van der Waals surface area contributed by atoms with E-state index in [1.54, 1.807) is 0 Å². The average molecular weight is 204 g/mol. The molecule has 0 radical (unpaired) electrons. The first-order chi connectivity index (χ1) is 7.27. The second kappa shape index (κ2) is 3.16. The molecular formula is C13H16O2. The molecule has 1 saturated carbocycles. The fourth-order valence-electron chi connectivity index (χ4n) is 2.68. The number of fused-ring (bicyclic) bond motifs is 1. The van der Waals surface area contributed by atoms with Gasteiger partial charge in [0.25, 0.3) is 5.79 Å². The van der Waals surface area contributed by atoms with Gasteiger partial charge in [-0.05, 0) is 24.5 Å². The molecule has 1 aromatic carbocycles. The van der Waals surface area contributed by atoms with Crippen molar-refractivity contribution in [3.63, 3.8) is 0 Å². The summed E-state index contributed by atoms with van der Waals surface area (Å²) in [4.78, 5) is 0. The highest BCUT2D eigenvalue weighted by Gasteiger charge is 2.44. The van der Waals surface area contributed by atoms with E-state index in [0.29, 0.717) is 5.92 Å². The maximum Gasteiger partial charge on any atom is 0.251 e. The zero-order valence-electron chi connectivity index (χ0n) is 9.03. The standard InChI is InChI=1S/C13H16O2/c1-10-5-4-8-13(9-10)14-11-6-2-3-7-12(11)15-13/h2-3,6-7,10H,4-5,8-9H2,1H3/t10-/m1/s1. The van der Waals surface area contributed by atoms with E-state index in [2.05, 4.69) is 6.92 Å². The largest absolute Gasteiger partial charge is 0.448 e. The maximum atomic E-state index is 5.98. The van der Waals surface area contributed by atoms with Crippen molar-refractivity contribution >= 4 is 0 Å². The van der Waals surface area contributed by atoms with E-state index in [0.717, 1.165) is 24.3 Å². The monoisotopic (exact) mass is 204 g/mol. The van der Waals surface area contributed by atoms with E-state index >= 15 is 0 Å². The number of benzene rings is 1. The highest BCUT2D eigenvalue weighted by Crippen LogP contribution is 2.46. The second-order valence-electron chi connectivity index (χ2n) is 4.76. The summed E-state index contributed by atoms with van der Waals surface area (Å²) in [6, 6.07) is 7.97. The summed E-state index contributed by atoms with van der Waals surface area (Å²) in [5.41, 5.74) is 0. The predicted molar refractivity (Wildman–Crippen MR) is 58.1 cm³/mol. The summed E-state index contributed by atoms with van der Waals surface area (Å²) in [6.07, 6.45) is 4.54. The Kier molecular flexibility index (Phi) is 1.91. The topological polar surface area (TPSA) is 18.5 Å². The molecule has 2 heteroatoms. The van der Waals surface area contributed by atoms with Crippen LogP contribution in [0.2, 0.25) is 0 Å². The summed E-state index contributed by atoms with van der Waals surface area (Å²) >= 11 is 0. The van der Waals surface area contributed by atoms with Crippen molar-refractivity contribution in [3.05, 3.63) is 24.3 Å². The smallest absolute Gasteiger partial charge is 0.251 e. The fourth-order valence-corrected chi connectivity index (χ4v) is 2.68. The Morgan fingerprint density at radius 3 is 2.47 bits per heavy atom. The molecule has 80 valence electrons. The van der Waals surface area contributed by atoms with Gasteiger partial charge in [-0.15, -0.1) is 0 Å². The predicted octanol–water partition coefficient (Wildman–Crippen LogP) is 3.36. The zero-order chi connectivity index (χ0) is 10.3. The van der Waals surface area contributed by atoms with Gasteiger partial charge in [0.1, 0.15) is 0 Å². The van der Waals surface area contributed by atoms with Crippen molar-refractivity contribution in [1.82, 2.24) is 0 Å². The first kappa shape index (κ1) is 9.08. The van der Waals surface area contributed by atoms with Crippen molar-refractivity contribution in [3.8, 4) is 11.5 Å². The van der Waals surface area contributed by atoms with Crippen LogP contribution in [0.1, 0.15) is 32.6 Å². The fraction of sp³-hybridized carbons (Fsp3) is 0.538. The third-order valence-corrected chi connectivity index (χ3v) is 3.36. The van der Waals surface area contributed by atoms with Crippen molar-refractivity contribution in [2.45, 2.75) is 38.4 Å². The SMILES string of the molecule is C[C@@H]1CCCC2(C1)Oc1ccccc1O2. The van der Waals surface area contributed by atoms with Crippen LogP contribution < -0.4 is 9.47 Å². The lowest BCUT2D eigenvalue weighted by Gasteiger charge is -2.34. The van der Waals surface area contributed by atoms with Crippen LogP contribution in [0, 0.1) is 5.92 Å². The molecule has 1 fully saturated rings. The molecule has 15 heavy (non-hydrogen) atoms. The highest BCUT2D eigenvalue weighted by molar-refractivity contribution is 5.42. The van der Waals surface area contributed by atoms with E-state index in [1.807, 2.05) is 24.3 Å². The summed E-state index contributed by atoms with van der Waals surface area (Å²) in [5.74, 6) is 2.17. The van der Waals surface area contributed by atoms with Gasteiger partial charge >= 0.3 is 0 Å². The van der Waals surface area contributed by atoms with Crippen molar-refractivity contribution in [1.29, 1.82) is 0 Å². The molecule has 1 heterocycles. The molecule has 1 aliphatic carbocycles. The van der Waals surface area contributed by atoms with E-state index < -0.39 is 0 Å². The van der Waals surface area contributed by atoms with Crippen molar-refractivity contribution in [2.24, 2.45) is 5.92 Å². The van der Waals surface area contributed by atoms with Crippen LogP contribution in [0.25, 0.3) is 0 Å². The van der Waals surface area contributed by atoms with Crippen LogP contribution in [0.15, 0.2) is 24.3 Å². The number of hydrogen-bond acceptors (Lipinski definition) is 2. The van der Waals surface area contributed by atoms with Gasteiger partial charge in [0.15, 0.2) is 11.5 Å². The van der Waals surface area contributed by atoms with Gasteiger partial charge in [-0.3, -0.25) is 0 Å².